The minimum atomic E-state index is -1.51. The van der Waals surface area contributed by atoms with Gasteiger partial charge in [0, 0.05) is 19.5 Å². The molecule has 1 rings (SSSR count). The van der Waals surface area contributed by atoms with Crippen LogP contribution in [0.1, 0.15) is 6.42 Å². The van der Waals surface area contributed by atoms with E-state index in [1.165, 1.54) is 7.05 Å². The highest BCUT2D eigenvalue weighted by atomic mass is 19.1. The number of halogens is 1. The second kappa shape index (κ2) is 4.68. The van der Waals surface area contributed by atoms with Crippen LogP contribution in [0.2, 0.25) is 0 Å². The average molecular weight is 206 g/mol. The van der Waals surface area contributed by atoms with E-state index in [2.05, 4.69) is 10.6 Å². The molecule has 0 aromatic carbocycles. The Morgan fingerprint density at radius 1 is 1.57 bits per heavy atom. The van der Waals surface area contributed by atoms with Crippen LogP contribution in [0, 0.1) is 0 Å². The van der Waals surface area contributed by atoms with Crippen molar-refractivity contribution in [2.24, 2.45) is 0 Å². The fourth-order valence-electron chi connectivity index (χ4n) is 1.56. The maximum Gasteiger partial charge on any atom is 0.221 e. The van der Waals surface area contributed by atoms with Crippen LogP contribution < -0.4 is 10.6 Å². The molecule has 82 valence electrons. The Bertz CT molecular complexity index is 215. The van der Waals surface area contributed by atoms with Crippen molar-refractivity contribution in [3.8, 4) is 0 Å². The second-order valence-electron chi connectivity index (χ2n) is 3.37. The largest absolute Gasteiger partial charge is 0.395 e. The van der Waals surface area contributed by atoms with Gasteiger partial charge in [-0.3, -0.25) is 4.79 Å². The van der Waals surface area contributed by atoms with Crippen LogP contribution >= 0.6 is 0 Å². The molecular weight excluding hydrogens is 191 g/mol. The van der Waals surface area contributed by atoms with Gasteiger partial charge in [0.15, 0.2) is 0 Å². The summed E-state index contributed by atoms with van der Waals surface area (Å²) in [4.78, 5) is 11.0. The highest BCUT2D eigenvalue weighted by molar-refractivity contribution is 5.76. The standard InChI is InChI=1S/C8H15FN2O3/c1-10-6(13)2-4-7(9)8(14)5(3-12)11-4/h4-5,7-8,11-12,14H,2-3H2,1H3,(H,10,13). The smallest absolute Gasteiger partial charge is 0.221 e. The van der Waals surface area contributed by atoms with E-state index < -0.39 is 24.4 Å². The lowest BCUT2D eigenvalue weighted by Crippen LogP contribution is -2.38. The first kappa shape index (κ1) is 11.4. The fraction of sp³-hybridized carbons (Fsp3) is 0.875. The van der Waals surface area contributed by atoms with Gasteiger partial charge in [-0.15, -0.1) is 0 Å². The Morgan fingerprint density at radius 2 is 2.21 bits per heavy atom. The lowest BCUT2D eigenvalue weighted by Gasteiger charge is -2.12. The molecule has 0 aromatic rings. The highest BCUT2D eigenvalue weighted by Crippen LogP contribution is 2.19. The Balaban J connectivity index is 2.52. The predicted octanol–water partition coefficient (Wildman–Crippen LogP) is -1.85. The van der Waals surface area contributed by atoms with E-state index in [1.54, 1.807) is 0 Å². The molecule has 0 aromatic heterocycles. The van der Waals surface area contributed by atoms with Crippen molar-refractivity contribution < 1.29 is 19.4 Å². The first-order valence-electron chi connectivity index (χ1n) is 4.49. The molecule has 1 saturated heterocycles. The zero-order chi connectivity index (χ0) is 10.7. The summed E-state index contributed by atoms with van der Waals surface area (Å²) in [6, 6.07) is -1.40. The third kappa shape index (κ3) is 2.20. The van der Waals surface area contributed by atoms with Crippen molar-refractivity contribution in [3.63, 3.8) is 0 Å². The molecule has 6 heteroatoms. The molecule has 1 fully saturated rings. The molecule has 4 N–H and O–H groups in total. The molecule has 0 spiro atoms. The number of aliphatic hydroxyl groups excluding tert-OH is 2. The van der Waals surface area contributed by atoms with Crippen molar-refractivity contribution in [2.45, 2.75) is 30.8 Å². The third-order valence-electron chi connectivity index (χ3n) is 2.43. The predicted molar refractivity (Wildman–Crippen MR) is 47.4 cm³/mol. The molecule has 1 aliphatic rings. The van der Waals surface area contributed by atoms with E-state index in [0.29, 0.717) is 0 Å². The van der Waals surface area contributed by atoms with Gasteiger partial charge in [-0.25, -0.2) is 4.39 Å². The summed E-state index contributed by atoms with van der Waals surface area (Å²) in [6.45, 7) is -0.341. The zero-order valence-electron chi connectivity index (χ0n) is 7.90. The van der Waals surface area contributed by atoms with Crippen molar-refractivity contribution in [3.05, 3.63) is 0 Å². The summed E-state index contributed by atoms with van der Waals surface area (Å²) in [5.74, 6) is -0.295. The number of hydrogen-bond acceptors (Lipinski definition) is 4. The van der Waals surface area contributed by atoms with Crippen molar-refractivity contribution >= 4 is 5.91 Å². The van der Waals surface area contributed by atoms with Gasteiger partial charge in [0.2, 0.25) is 5.91 Å². The molecule has 1 heterocycles. The van der Waals surface area contributed by atoms with Gasteiger partial charge in [-0.1, -0.05) is 0 Å². The zero-order valence-corrected chi connectivity index (χ0v) is 7.90. The molecule has 4 atom stereocenters. The van der Waals surface area contributed by atoms with E-state index in [1.807, 2.05) is 0 Å². The van der Waals surface area contributed by atoms with Gasteiger partial charge >= 0.3 is 0 Å². The average Bonchev–Trinajstić information content (AvgIpc) is 2.45. The summed E-state index contributed by atoms with van der Waals surface area (Å²) in [6.07, 6.45) is -2.79. The number of carbonyl (C=O) groups is 1. The van der Waals surface area contributed by atoms with Gasteiger partial charge < -0.3 is 20.8 Å². The van der Waals surface area contributed by atoms with Crippen LogP contribution in [0.3, 0.4) is 0 Å². The Morgan fingerprint density at radius 3 is 2.64 bits per heavy atom. The quantitative estimate of drug-likeness (QED) is 0.437. The number of hydrogen-bond donors (Lipinski definition) is 4. The fourth-order valence-corrected chi connectivity index (χ4v) is 1.56. The summed E-state index contributed by atoms with van der Waals surface area (Å²) in [5, 5.41) is 23.1. The van der Waals surface area contributed by atoms with Crippen LogP contribution in [-0.2, 0) is 4.79 Å². The SMILES string of the molecule is CNC(=O)CC1NC(CO)C(O)C1F. The first-order chi connectivity index (χ1) is 6.60. The number of rotatable bonds is 3. The molecule has 0 bridgehead atoms. The molecular formula is C8H15FN2O3. The molecule has 5 nitrogen and oxygen atoms in total. The Kier molecular flexibility index (Phi) is 3.79. The van der Waals surface area contributed by atoms with E-state index >= 15 is 0 Å². The van der Waals surface area contributed by atoms with E-state index in [-0.39, 0.29) is 18.9 Å². The highest BCUT2D eigenvalue weighted by Gasteiger charge is 2.42. The molecule has 0 saturated carbocycles. The van der Waals surface area contributed by atoms with E-state index in [0.717, 1.165) is 0 Å². The molecule has 0 radical (unpaired) electrons. The Hall–Kier alpha value is -0.720. The maximum absolute atomic E-state index is 13.3. The first-order valence-corrected chi connectivity index (χ1v) is 4.49. The van der Waals surface area contributed by atoms with Crippen LogP contribution in [0.15, 0.2) is 0 Å². The lowest BCUT2D eigenvalue weighted by atomic mass is 10.1. The molecule has 1 amide bonds. The molecule has 14 heavy (non-hydrogen) atoms. The topological polar surface area (TPSA) is 81.6 Å². The number of carbonyl (C=O) groups excluding carboxylic acids is 1. The summed E-state index contributed by atoms with van der Waals surface area (Å²) >= 11 is 0. The van der Waals surface area contributed by atoms with Gasteiger partial charge in [-0.05, 0) is 0 Å². The minimum absolute atomic E-state index is 0.0365. The van der Waals surface area contributed by atoms with Crippen molar-refractivity contribution in [2.75, 3.05) is 13.7 Å². The number of alkyl halides is 1. The maximum atomic E-state index is 13.3. The molecule has 0 aliphatic carbocycles. The normalized spacial score (nSPS) is 37.1. The number of aliphatic hydroxyl groups is 2. The van der Waals surface area contributed by atoms with E-state index in [4.69, 9.17) is 5.11 Å². The van der Waals surface area contributed by atoms with Crippen molar-refractivity contribution in [1.82, 2.24) is 10.6 Å². The van der Waals surface area contributed by atoms with E-state index in [9.17, 15) is 14.3 Å². The van der Waals surface area contributed by atoms with Crippen LogP contribution in [0.5, 0.6) is 0 Å². The Labute approximate surface area is 81.3 Å². The van der Waals surface area contributed by atoms with Gasteiger partial charge in [0.1, 0.15) is 12.3 Å². The van der Waals surface area contributed by atoms with Crippen LogP contribution in [0.4, 0.5) is 4.39 Å². The van der Waals surface area contributed by atoms with Crippen LogP contribution in [0.25, 0.3) is 0 Å². The summed E-state index contributed by atoms with van der Waals surface area (Å²) < 4.78 is 13.3. The summed E-state index contributed by atoms with van der Waals surface area (Å²) in [7, 11) is 1.46. The number of amides is 1. The van der Waals surface area contributed by atoms with Gasteiger partial charge in [0.25, 0.3) is 0 Å². The monoisotopic (exact) mass is 206 g/mol. The third-order valence-corrected chi connectivity index (χ3v) is 2.43. The number of nitrogens with one attached hydrogen (secondary N) is 2. The van der Waals surface area contributed by atoms with Crippen LogP contribution in [-0.4, -0.2) is 54.1 Å². The summed E-state index contributed by atoms with van der Waals surface area (Å²) in [5.41, 5.74) is 0. The van der Waals surface area contributed by atoms with Crippen molar-refractivity contribution in [1.29, 1.82) is 0 Å². The second-order valence-corrected chi connectivity index (χ2v) is 3.37. The van der Waals surface area contributed by atoms with Gasteiger partial charge in [0.05, 0.1) is 12.6 Å². The lowest BCUT2D eigenvalue weighted by molar-refractivity contribution is -0.121. The minimum Gasteiger partial charge on any atom is -0.395 e. The molecule has 1 aliphatic heterocycles. The molecule has 4 unspecified atom stereocenters. The van der Waals surface area contributed by atoms with Gasteiger partial charge in [-0.2, -0.15) is 0 Å².